The highest BCUT2D eigenvalue weighted by atomic mass is 79.9. The fourth-order valence-corrected chi connectivity index (χ4v) is 2.92. The van der Waals surface area contributed by atoms with Crippen molar-refractivity contribution in [3.63, 3.8) is 0 Å². The fourth-order valence-electron chi connectivity index (χ4n) is 1.32. The van der Waals surface area contributed by atoms with E-state index in [-0.39, 0.29) is 5.56 Å². The number of amides is 2. The van der Waals surface area contributed by atoms with Gasteiger partial charge >= 0.3 is 5.97 Å². The molecular weight excluding hydrogens is 450 g/mol. The summed E-state index contributed by atoms with van der Waals surface area (Å²) in [5.74, 6) is -2.22. The Balaban J connectivity index is 2.29. The van der Waals surface area contributed by atoms with Gasteiger partial charge in [0, 0.05) is 25.6 Å². The summed E-state index contributed by atoms with van der Waals surface area (Å²) in [4.78, 5) is 39.4. The lowest BCUT2D eigenvalue weighted by Gasteiger charge is -2.14. The van der Waals surface area contributed by atoms with Crippen molar-refractivity contribution >= 4 is 65.6 Å². The van der Waals surface area contributed by atoms with Gasteiger partial charge in [-0.05, 0) is 59.9 Å². The van der Waals surface area contributed by atoms with Crippen molar-refractivity contribution in [1.82, 2.24) is 5.06 Å². The highest BCUT2D eigenvalue weighted by molar-refractivity contribution is 9.13. The van der Waals surface area contributed by atoms with Gasteiger partial charge in [-0.15, -0.1) is 0 Å². The molecule has 0 N–H and O–H groups in total. The molecule has 1 aliphatic rings. The maximum Gasteiger partial charge on any atom is 0.366 e. The van der Waals surface area contributed by atoms with Crippen LogP contribution in [0.25, 0.3) is 0 Å². The summed E-state index contributed by atoms with van der Waals surface area (Å²) in [6, 6.07) is 3.36. The minimum atomic E-state index is -0.828. The molecule has 0 fully saturated rings. The molecule has 2 amide bonds. The molecule has 0 aromatic heterocycles. The maximum atomic E-state index is 12.0. The summed E-state index contributed by atoms with van der Waals surface area (Å²) < 4.78 is 1.57. The molecule has 0 radical (unpaired) electrons. The number of halogens is 3. The molecule has 1 heterocycles. The van der Waals surface area contributed by atoms with Crippen molar-refractivity contribution in [2.24, 2.45) is 0 Å². The summed E-state index contributed by atoms with van der Waals surface area (Å²) in [5.41, 5.74) is 0.168. The molecule has 0 unspecified atom stereocenters. The topological polar surface area (TPSA) is 63.7 Å². The normalized spacial score (nSPS) is 14.2. The van der Waals surface area contributed by atoms with Gasteiger partial charge in [0.1, 0.15) is 0 Å². The predicted octanol–water partition coefficient (Wildman–Crippen LogP) is 2.97. The van der Waals surface area contributed by atoms with E-state index in [1.165, 1.54) is 0 Å². The van der Waals surface area contributed by atoms with Gasteiger partial charge in [0.2, 0.25) is 0 Å². The van der Waals surface area contributed by atoms with E-state index in [9.17, 15) is 14.4 Å². The standard InChI is InChI=1S/C11H4Br3NO4/c12-5-1-2-6(13)10(14)9(5)11(18)19-15-7(16)3-4-8(15)17/h1-4H. The largest absolute Gasteiger partial charge is 0.366 e. The summed E-state index contributed by atoms with van der Waals surface area (Å²) >= 11 is 9.69. The van der Waals surface area contributed by atoms with Gasteiger partial charge in [-0.2, -0.15) is 0 Å². The molecule has 8 heteroatoms. The van der Waals surface area contributed by atoms with Crippen molar-refractivity contribution in [2.75, 3.05) is 0 Å². The zero-order valence-corrected chi connectivity index (χ0v) is 13.8. The molecule has 0 saturated heterocycles. The molecule has 1 aliphatic heterocycles. The molecule has 1 aromatic carbocycles. The second kappa shape index (κ2) is 5.56. The van der Waals surface area contributed by atoms with Crippen LogP contribution in [-0.4, -0.2) is 22.8 Å². The molecule has 1 aromatic rings. The number of imide groups is 1. The van der Waals surface area contributed by atoms with Crippen molar-refractivity contribution in [3.8, 4) is 0 Å². The Bertz CT molecular complexity index is 609. The first-order chi connectivity index (χ1) is 8.91. The first kappa shape index (κ1) is 14.4. The molecule has 0 bridgehead atoms. The average molecular weight is 454 g/mol. The summed E-state index contributed by atoms with van der Waals surface area (Å²) in [6.45, 7) is 0. The van der Waals surface area contributed by atoms with Crippen LogP contribution in [-0.2, 0) is 14.4 Å². The lowest BCUT2D eigenvalue weighted by molar-refractivity contribution is -0.170. The summed E-state index contributed by atoms with van der Waals surface area (Å²) in [5, 5.41) is 0.405. The van der Waals surface area contributed by atoms with Crippen LogP contribution >= 0.6 is 47.8 Å². The number of hydrogen-bond donors (Lipinski definition) is 0. The highest BCUT2D eigenvalue weighted by Gasteiger charge is 2.30. The summed E-state index contributed by atoms with van der Waals surface area (Å²) in [7, 11) is 0. The third kappa shape index (κ3) is 2.80. The lowest BCUT2D eigenvalue weighted by Crippen LogP contribution is -2.33. The predicted molar refractivity (Wildman–Crippen MR) is 76.0 cm³/mol. The number of rotatable bonds is 2. The van der Waals surface area contributed by atoms with Gasteiger partial charge in [-0.1, -0.05) is 5.06 Å². The first-order valence-electron chi connectivity index (χ1n) is 4.83. The van der Waals surface area contributed by atoms with Gasteiger partial charge in [0.25, 0.3) is 11.8 Å². The third-order valence-corrected chi connectivity index (χ3v) is 4.87. The SMILES string of the molecule is O=C(ON1C(=O)C=CC1=O)c1c(Br)ccc(Br)c1Br. The second-order valence-corrected chi connectivity index (χ2v) is 5.90. The molecular formula is C11H4Br3NO4. The van der Waals surface area contributed by atoms with Gasteiger partial charge in [0.05, 0.1) is 5.56 Å². The molecule has 0 spiro atoms. The van der Waals surface area contributed by atoms with Gasteiger partial charge < -0.3 is 4.84 Å². The Labute approximate surface area is 132 Å². The molecule has 0 saturated carbocycles. The molecule has 0 atom stereocenters. The minimum absolute atomic E-state index is 0.168. The quantitative estimate of drug-likeness (QED) is 0.510. The number of hydroxylamine groups is 2. The number of nitrogens with zero attached hydrogens (tertiary/aromatic N) is 1. The Kier molecular flexibility index (Phi) is 4.22. The summed E-state index contributed by atoms with van der Waals surface area (Å²) in [6.07, 6.45) is 2.06. The Morgan fingerprint density at radius 1 is 1.00 bits per heavy atom. The van der Waals surface area contributed by atoms with E-state index in [4.69, 9.17) is 4.84 Å². The zero-order chi connectivity index (χ0) is 14.2. The van der Waals surface area contributed by atoms with E-state index in [0.29, 0.717) is 18.5 Å². The Morgan fingerprint density at radius 3 is 2.11 bits per heavy atom. The van der Waals surface area contributed by atoms with Crippen LogP contribution in [0, 0.1) is 0 Å². The second-order valence-electron chi connectivity index (χ2n) is 3.40. The number of carbonyl (C=O) groups is 3. The van der Waals surface area contributed by atoms with Crippen LogP contribution in [0.3, 0.4) is 0 Å². The third-order valence-electron chi connectivity index (χ3n) is 2.19. The van der Waals surface area contributed by atoms with E-state index in [2.05, 4.69) is 47.8 Å². The highest BCUT2D eigenvalue weighted by Crippen LogP contribution is 2.33. The van der Waals surface area contributed by atoms with E-state index in [1.54, 1.807) is 12.1 Å². The molecule has 2 rings (SSSR count). The minimum Gasteiger partial charge on any atom is -0.324 e. The van der Waals surface area contributed by atoms with Crippen molar-refractivity contribution in [2.45, 2.75) is 0 Å². The first-order valence-corrected chi connectivity index (χ1v) is 7.21. The van der Waals surface area contributed by atoms with E-state index in [1.807, 2.05) is 0 Å². The molecule has 5 nitrogen and oxygen atoms in total. The smallest absolute Gasteiger partial charge is 0.324 e. The molecule has 0 aliphatic carbocycles. The van der Waals surface area contributed by atoms with Gasteiger partial charge in [0.15, 0.2) is 0 Å². The maximum absolute atomic E-state index is 12.0. The van der Waals surface area contributed by atoms with Gasteiger partial charge in [-0.3, -0.25) is 9.59 Å². The lowest BCUT2D eigenvalue weighted by atomic mass is 10.2. The van der Waals surface area contributed by atoms with Crippen LogP contribution in [0.5, 0.6) is 0 Å². The number of benzene rings is 1. The monoisotopic (exact) mass is 451 g/mol. The van der Waals surface area contributed by atoms with Crippen LogP contribution in [0.4, 0.5) is 0 Å². The Hall–Kier alpha value is -0.990. The van der Waals surface area contributed by atoms with Crippen LogP contribution in [0.2, 0.25) is 0 Å². The van der Waals surface area contributed by atoms with E-state index >= 15 is 0 Å². The Morgan fingerprint density at radius 2 is 1.53 bits per heavy atom. The number of hydrogen-bond acceptors (Lipinski definition) is 4. The van der Waals surface area contributed by atoms with Crippen LogP contribution in [0.15, 0.2) is 37.7 Å². The van der Waals surface area contributed by atoms with Crippen LogP contribution < -0.4 is 0 Å². The van der Waals surface area contributed by atoms with Crippen molar-refractivity contribution in [1.29, 1.82) is 0 Å². The zero-order valence-electron chi connectivity index (χ0n) is 9.02. The van der Waals surface area contributed by atoms with E-state index < -0.39 is 17.8 Å². The molecule has 19 heavy (non-hydrogen) atoms. The van der Waals surface area contributed by atoms with Crippen molar-refractivity contribution < 1.29 is 19.2 Å². The van der Waals surface area contributed by atoms with E-state index in [0.717, 1.165) is 12.2 Å². The average Bonchev–Trinajstić information content (AvgIpc) is 2.66. The molecule has 98 valence electrons. The number of carbonyl (C=O) groups excluding carboxylic acids is 3. The van der Waals surface area contributed by atoms with Gasteiger partial charge in [-0.25, -0.2) is 4.79 Å². The van der Waals surface area contributed by atoms with Crippen LogP contribution in [0.1, 0.15) is 10.4 Å². The van der Waals surface area contributed by atoms with Crippen molar-refractivity contribution in [3.05, 3.63) is 43.3 Å². The fraction of sp³-hybridized carbons (Fsp3) is 0.